The highest BCUT2D eigenvalue weighted by Gasteiger charge is 2.32. The third-order valence-electron chi connectivity index (χ3n) is 5.10. The molecule has 0 spiro atoms. The number of nitrogens with zero attached hydrogens (tertiary/aromatic N) is 2. The second-order valence-corrected chi connectivity index (χ2v) is 7.34. The number of carbonyl (C=O) groups excluding carboxylic acids is 1. The first-order valence-corrected chi connectivity index (χ1v) is 9.88. The van der Waals surface area contributed by atoms with Crippen molar-refractivity contribution >= 4 is 5.78 Å². The van der Waals surface area contributed by atoms with Crippen molar-refractivity contribution in [2.75, 3.05) is 19.7 Å². The van der Waals surface area contributed by atoms with E-state index in [-0.39, 0.29) is 17.4 Å². The van der Waals surface area contributed by atoms with Crippen LogP contribution >= 0.6 is 0 Å². The fraction of sp³-hybridized carbons (Fsp3) is 0.455. The standard InChI is InChI=1S/C22H25F3N2O2/c1-2-13-29-19-6-3-16(4-7-19)15-27-11-9-17(10-12-27)21(28)20-8-5-18(14-26-20)22(23,24)25/h3-8,14,17H,2,9-13,15H2,1H3. The first kappa shape index (κ1) is 21.3. The predicted molar refractivity (Wildman–Crippen MR) is 104 cm³/mol. The number of alkyl halides is 3. The molecule has 1 aliphatic heterocycles. The summed E-state index contributed by atoms with van der Waals surface area (Å²) in [6.07, 6.45) is -1.38. The van der Waals surface area contributed by atoms with Gasteiger partial charge < -0.3 is 4.74 Å². The van der Waals surface area contributed by atoms with Gasteiger partial charge in [-0.05, 0) is 62.2 Å². The molecule has 0 saturated carbocycles. The Morgan fingerprint density at radius 1 is 1.14 bits per heavy atom. The number of pyridine rings is 1. The van der Waals surface area contributed by atoms with E-state index in [2.05, 4.69) is 16.8 Å². The molecule has 0 atom stereocenters. The molecule has 2 heterocycles. The SMILES string of the molecule is CCCOc1ccc(CN2CCC(C(=O)c3ccc(C(F)(F)F)cn3)CC2)cc1. The number of hydrogen-bond donors (Lipinski definition) is 0. The number of carbonyl (C=O) groups is 1. The monoisotopic (exact) mass is 406 g/mol. The lowest BCUT2D eigenvalue weighted by Crippen LogP contribution is -2.36. The number of piperidine rings is 1. The smallest absolute Gasteiger partial charge is 0.417 e. The lowest BCUT2D eigenvalue weighted by molar-refractivity contribution is -0.137. The van der Waals surface area contributed by atoms with Gasteiger partial charge in [0, 0.05) is 18.7 Å². The molecule has 1 aliphatic rings. The van der Waals surface area contributed by atoms with Crippen LogP contribution in [0.2, 0.25) is 0 Å². The number of aromatic nitrogens is 1. The number of rotatable bonds is 7. The zero-order valence-corrected chi connectivity index (χ0v) is 16.4. The molecule has 1 aromatic heterocycles. The van der Waals surface area contributed by atoms with Crippen LogP contribution in [0.15, 0.2) is 42.6 Å². The number of halogens is 3. The number of ketones is 1. The second-order valence-electron chi connectivity index (χ2n) is 7.34. The van der Waals surface area contributed by atoms with Gasteiger partial charge in [-0.15, -0.1) is 0 Å². The summed E-state index contributed by atoms with van der Waals surface area (Å²) in [6, 6.07) is 10.1. The number of Topliss-reactive ketones (excluding diaryl/α,β-unsaturated/α-hetero) is 1. The highest BCUT2D eigenvalue weighted by atomic mass is 19.4. The Morgan fingerprint density at radius 2 is 1.83 bits per heavy atom. The van der Waals surface area contributed by atoms with Crippen LogP contribution < -0.4 is 4.74 Å². The van der Waals surface area contributed by atoms with Crippen molar-refractivity contribution in [1.29, 1.82) is 0 Å². The molecule has 1 aromatic carbocycles. The lowest BCUT2D eigenvalue weighted by atomic mass is 9.90. The summed E-state index contributed by atoms with van der Waals surface area (Å²) in [5.74, 6) is 0.500. The van der Waals surface area contributed by atoms with E-state index in [1.54, 1.807) is 0 Å². The maximum atomic E-state index is 12.6. The van der Waals surface area contributed by atoms with Gasteiger partial charge in [-0.25, -0.2) is 0 Å². The van der Waals surface area contributed by atoms with Crippen LogP contribution in [0.3, 0.4) is 0 Å². The first-order valence-electron chi connectivity index (χ1n) is 9.88. The molecule has 1 fully saturated rings. The molecule has 0 radical (unpaired) electrons. The molecule has 0 N–H and O–H groups in total. The average molecular weight is 406 g/mol. The Balaban J connectivity index is 1.50. The molecule has 0 aliphatic carbocycles. The van der Waals surface area contributed by atoms with Gasteiger partial charge in [-0.3, -0.25) is 14.7 Å². The van der Waals surface area contributed by atoms with Gasteiger partial charge in [0.25, 0.3) is 0 Å². The molecular weight excluding hydrogens is 381 g/mol. The second kappa shape index (κ2) is 9.39. The third kappa shape index (κ3) is 5.79. The van der Waals surface area contributed by atoms with E-state index < -0.39 is 11.7 Å². The third-order valence-corrected chi connectivity index (χ3v) is 5.10. The van der Waals surface area contributed by atoms with E-state index in [1.807, 2.05) is 24.3 Å². The topological polar surface area (TPSA) is 42.4 Å². The van der Waals surface area contributed by atoms with Crippen LogP contribution in [-0.4, -0.2) is 35.4 Å². The molecule has 3 rings (SSSR count). The van der Waals surface area contributed by atoms with E-state index in [1.165, 1.54) is 11.6 Å². The van der Waals surface area contributed by atoms with Crippen LogP contribution in [0.4, 0.5) is 13.2 Å². The largest absolute Gasteiger partial charge is 0.494 e. The van der Waals surface area contributed by atoms with Crippen molar-refractivity contribution in [2.24, 2.45) is 5.92 Å². The summed E-state index contributed by atoms with van der Waals surface area (Å²) in [4.78, 5) is 18.6. The molecule has 0 unspecified atom stereocenters. The van der Waals surface area contributed by atoms with Crippen LogP contribution in [0, 0.1) is 5.92 Å². The molecule has 0 amide bonds. The molecule has 156 valence electrons. The first-order chi connectivity index (χ1) is 13.9. The zero-order valence-electron chi connectivity index (χ0n) is 16.4. The molecule has 7 heteroatoms. The quantitative estimate of drug-likeness (QED) is 0.608. The molecule has 0 bridgehead atoms. The average Bonchev–Trinajstić information content (AvgIpc) is 2.73. The van der Waals surface area contributed by atoms with Gasteiger partial charge in [0.05, 0.1) is 12.2 Å². The molecule has 29 heavy (non-hydrogen) atoms. The van der Waals surface area contributed by atoms with E-state index in [9.17, 15) is 18.0 Å². The minimum Gasteiger partial charge on any atom is -0.494 e. The Labute approximate surface area is 168 Å². The van der Waals surface area contributed by atoms with Crippen molar-refractivity contribution in [1.82, 2.24) is 9.88 Å². The zero-order chi connectivity index (χ0) is 20.9. The summed E-state index contributed by atoms with van der Waals surface area (Å²) in [6.45, 7) is 5.11. The van der Waals surface area contributed by atoms with Crippen molar-refractivity contribution in [3.05, 3.63) is 59.4 Å². The molecular formula is C22H25F3N2O2. The predicted octanol–water partition coefficient (Wildman–Crippen LogP) is 4.98. The van der Waals surface area contributed by atoms with Crippen molar-refractivity contribution in [3.63, 3.8) is 0 Å². The van der Waals surface area contributed by atoms with Crippen LogP contribution in [0.5, 0.6) is 5.75 Å². The normalized spacial score (nSPS) is 16.0. The number of benzene rings is 1. The van der Waals surface area contributed by atoms with Crippen LogP contribution in [-0.2, 0) is 12.7 Å². The summed E-state index contributed by atoms with van der Waals surface area (Å²) in [7, 11) is 0. The van der Waals surface area contributed by atoms with Crippen molar-refractivity contribution in [3.8, 4) is 5.75 Å². The lowest BCUT2D eigenvalue weighted by Gasteiger charge is -2.31. The van der Waals surface area contributed by atoms with Gasteiger partial charge in [-0.2, -0.15) is 13.2 Å². The Hall–Kier alpha value is -2.41. The van der Waals surface area contributed by atoms with Gasteiger partial charge >= 0.3 is 6.18 Å². The Kier molecular flexibility index (Phi) is 6.90. The summed E-state index contributed by atoms with van der Waals surface area (Å²) < 4.78 is 43.5. The summed E-state index contributed by atoms with van der Waals surface area (Å²) in [5.41, 5.74) is 0.456. The summed E-state index contributed by atoms with van der Waals surface area (Å²) in [5, 5.41) is 0. The van der Waals surface area contributed by atoms with Crippen molar-refractivity contribution < 1.29 is 22.7 Å². The maximum Gasteiger partial charge on any atom is 0.417 e. The summed E-state index contributed by atoms with van der Waals surface area (Å²) >= 11 is 0. The van der Waals surface area contributed by atoms with Crippen LogP contribution in [0.25, 0.3) is 0 Å². The highest BCUT2D eigenvalue weighted by Crippen LogP contribution is 2.29. The molecule has 4 nitrogen and oxygen atoms in total. The van der Waals surface area contributed by atoms with Crippen molar-refractivity contribution in [2.45, 2.75) is 38.9 Å². The van der Waals surface area contributed by atoms with E-state index in [0.717, 1.165) is 44.1 Å². The van der Waals surface area contributed by atoms with Gasteiger partial charge in [0.2, 0.25) is 0 Å². The fourth-order valence-corrected chi connectivity index (χ4v) is 3.44. The molecule has 2 aromatic rings. The van der Waals surface area contributed by atoms with Gasteiger partial charge in [-0.1, -0.05) is 19.1 Å². The molecule has 1 saturated heterocycles. The van der Waals surface area contributed by atoms with Gasteiger partial charge in [0.15, 0.2) is 5.78 Å². The van der Waals surface area contributed by atoms with E-state index in [0.29, 0.717) is 19.4 Å². The number of likely N-dealkylation sites (tertiary alicyclic amines) is 1. The van der Waals surface area contributed by atoms with E-state index in [4.69, 9.17) is 4.74 Å². The van der Waals surface area contributed by atoms with E-state index >= 15 is 0 Å². The number of hydrogen-bond acceptors (Lipinski definition) is 4. The Morgan fingerprint density at radius 3 is 2.38 bits per heavy atom. The Bertz CT molecular complexity index is 796. The number of ether oxygens (including phenoxy) is 1. The highest BCUT2D eigenvalue weighted by molar-refractivity contribution is 5.96. The van der Waals surface area contributed by atoms with Crippen LogP contribution in [0.1, 0.15) is 47.8 Å². The minimum absolute atomic E-state index is 0.110. The minimum atomic E-state index is -4.44. The maximum absolute atomic E-state index is 12.6. The van der Waals surface area contributed by atoms with Gasteiger partial charge in [0.1, 0.15) is 11.4 Å². The fourth-order valence-electron chi connectivity index (χ4n) is 3.44.